The van der Waals surface area contributed by atoms with E-state index in [9.17, 15) is 13.2 Å². The van der Waals surface area contributed by atoms with Crippen LogP contribution in [0.4, 0.5) is 11.4 Å². The van der Waals surface area contributed by atoms with Crippen molar-refractivity contribution in [2.45, 2.75) is 38.1 Å². The monoisotopic (exact) mass is 521 g/mol. The van der Waals surface area contributed by atoms with Crippen molar-refractivity contribution in [3.8, 4) is 0 Å². The Morgan fingerprint density at radius 2 is 1.57 bits per heavy atom. The van der Waals surface area contributed by atoms with E-state index < -0.39 is 10.0 Å². The van der Waals surface area contributed by atoms with Gasteiger partial charge in [-0.1, -0.05) is 55.8 Å². The van der Waals surface area contributed by atoms with Crippen LogP contribution in [0.25, 0.3) is 0 Å². The van der Waals surface area contributed by atoms with Crippen molar-refractivity contribution < 1.29 is 17.9 Å². The summed E-state index contributed by atoms with van der Waals surface area (Å²) in [6.45, 7) is 9.22. The summed E-state index contributed by atoms with van der Waals surface area (Å²) >= 11 is 0. The lowest BCUT2D eigenvalue weighted by Crippen LogP contribution is -2.40. The molecule has 7 nitrogen and oxygen atoms in total. The van der Waals surface area contributed by atoms with Crippen molar-refractivity contribution in [2.75, 3.05) is 42.1 Å². The van der Waals surface area contributed by atoms with E-state index in [-0.39, 0.29) is 17.3 Å². The molecule has 1 aliphatic rings. The molecule has 0 saturated carbocycles. The zero-order chi connectivity index (χ0) is 26.4. The minimum Gasteiger partial charge on any atom is -0.378 e. The fourth-order valence-electron chi connectivity index (χ4n) is 4.21. The third kappa shape index (κ3) is 6.70. The standard InChI is InChI=1S/C29H35N3O4S/c1-22(2)25-8-12-27(13-9-25)32(37(34,35)28-14-4-23(3)5-15-28)21-29(33)30-20-24-6-10-26(11-7-24)31-16-18-36-19-17-31/h4-15,22H,16-21H2,1-3H3,(H,30,33). The van der Waals surface area contributed by atoms with Crippen molar-refractivity contribution in [3.05, 3.63) is 89.5 Å². The molecule has 0 atom stereocenters. The van der Waals surface area contributed by atoms with Crippen LogP contribution >= 0.6 is 0 Å². The average molecular weight is 522 g/mol. The highest BCUT2D eigenvalue weighted by molar-refractivity contribution is 7.92. The van der Waals surface area contributed by atoms with E-state index in [4.69, 9.17) is 4.74 Å². The van der Waals surface area contributed by atoms with E-state index in [1.54, 1.807) is 36.4 Å². The topological polar surface area (TPSA) is 79.0 Å². The lowest BCUT2D eigenvalue weighted by molar-refractivity contribution is -0.119. The van der Waals surface area contributed by atoms with Crippen molar-refractivity contribution >= 4 is 27.3 Å². The molecule has 1 fully saturated rings. The molecular weight excluding hydrogens is 486 g/mol. The highest BCUT2D eigenvalue weighted by Crippen LogP contribution is 2.26. The van der Waals surface area contributed by atoms with Crippen molar-refractivity contribution in [1.82, 2.24) is 5.32 Å². The van der Waals surface area contributed by atoms with Crippen LogP contribution in [0.1, 0.15) is 36.5 Å². The molecule has 0 aliphatic carbocycles. The van der Waals surface area contributed by atoms with Crippen molar-refractivity contribution in [3.63, 3.8) is 0 Å². The van der Waals surface area contributed by atoms with Crippen LogP contribution in [-0.2, 0) is 26.1 Å². The summed E-state index contributed by atoms with van der Waals surface area (Å²) in [7, 11) is -3.94. The van der Waals surface area contributed by atoms with Gasteiger partial charge in [0.05, 0.1) is 23.8 Å². The number of amides is 1. The Morgan fingerprint density at radius 3 is 2.16 bits per heavy atom. The minimum atomic E-state index is -3.94. The highest BCUT2D eigenvalue weighted by Gasteiger charge is 2.27. The number of benzene rings is 3. The first-order valence-corrected chi connectivity index (χ1v) is 14.1. The first-order valence-electron chi connectivity index (χ1n) is 12.6. The summed E-state index contributed by atoms with van der Waals surface area (Å²) in [6, 6.07) is 22.1. The second-order valence-electron chi connectivity index (χ2n) is 9.61. The molecule has 1 amide bonds. The van der Waals surface area contributed by atoms with Crippen LogP contribution in [-0.4, -0.2) is 47.2 Å². The van der Waals surface area contributed by atoms with Gasteiger partial charge in [-0.15, -0.1) is 0 Å². The molecule has 1 N–H and O–H groups in total. The molecule has 8 heteroatoms. The van der Waals surface area contributed by atoms with Crippen LogP contribution < -0.4 is 14.5 Å². The maximum absolute atomic E-state index is 13.6. The number of carbonyl (C=O) groups is 1. The fraction of sp³-hybridized carbons (Fsp3) is 0.345. The number of nitrogens with zero attached hydrogens (tertiary/aromatic N) is 2. The minimum absolute atomic E-state index is 0.150. The summed E-state index contributed by atoms with van der Waals surface area (Å²) in [4.78, 5) is 15.4. The Morgan fingerprint density at radius 1 is 0.946 bits per heavy atom. The van der Waals surface area contributed by atoms with Crippen molar-refractivity contribution in [2.24, 2.45) is 0 Å². The smallest absolute Gasteiger partial charge is 0.264 e. The van der Waals surface area contributed by atoms with Crippen LogP contribution in [0.5, 0.6) is 0 Å². The second kappa shape index (κ2) is 11.8. The molecule has 0 unspecified atom stereocenters. The van der Waals surface area contributed by atoms with Gasteiger partial charge >= 0.3 is 0 Å². The molecule has 1 saturated heterocycles. The van der Waals surface area contributed by atoms with Crippen LogP contribution in [0, 0.1) is 6.92 Å². The lowest BCUT2D eigenvalue weighted by Gasteiger charge is -2.29. The zero-order valence-electron chi connectivity index (χ0n) is 21.7. The van der Waals surface area contributed by atoms with E-state index in [2.05, 4.69) is 24.1 Å². The number of sulfonamides is 1. The molecule has 37 heavy (non-hydrogen) atoms. The summed E-state index contributed by atoms with van der Waals surface area (Å²) in [5.41, 5.74) is 4.58. The number of rotatable bonds is 9. The van der Waals surface area contributed by atoms with Gasteiger partial charge in [0.2, 0.25) is 5.91 Å². The van der Waals surface area contributed by atoms with Crippen LogP contribution in [0.3, 0.4) is 0 Å². The molecule has 3 aromatic rings. The van der Waals surface area contributed by atoms with E-state index in [1.165, 1.54) is 4.31 Å². The van der Waals surface area contributed by atoms with Gasteiger partial charge in [0.1, 0.15) is 6.54 Å². The molecular formula is C29H35N3O4S. The van der Waals surface area contributed by atoms with Gasteiger partial charge in [-0.05, 0) is 60.4 Å². The van der Waals surface area contributed by atoms with Gasteiger partial charge in [-0.2, -0.15) is 0 Å². The lowest BCUT2D eigenvalue weighted by atomic mass is 10.0. The van der Waals surface area contributed by atoms with Crippen LogP contribution in [0.2, 0.25) is 0 Å². The van der Waals surface area contributed by atoms with Crippen LogP contribution in [0.15, 0.2) is 77.7 Å². The van der Waals surface area contributed by atoms with Gasteiger partial charge < -0.3 is 15.0 Å². The summed E-state index contributed by atoms with van der Waals surface area (Å²) in [5.74, 6) is -0.0602. The SMILES string of the molecule is Cc1ccc(S(=O)(=O)N(CC(=O)NCc2ccc(N3CCOCC3)cc2)c2ccc(C(C)C)cc2)cc1. The largest absolute Gasteiger partial charge is 0.378 e. The molecule has 0 spiro atoms. The number of anilines is 2. The molecule has 3 aromatic carbocycles. The number of hydrogen-bond donors (Lipinski definition) is 1. The third-order valence-electron chi connectivity index (χ3n) is 6.55. The third-order valence-corrected chi connectivity index (χ3v) is 8.33. The van der Waals surface area contributed by atoms with Gasteiger partial charge in [-0.3, -0.25) is 9.10 Å². The zero-order valence-corrected chi connectivity index (χ0v) is 22.5. The van der Waals surface area contributed by atoms with Gasteiger partial charge in [-0.25, -0.2) is 8.42 Å². The number of carbonyl (C=O) groups excluding carboxylic acids is 1. The number of nitrogens with one attached hydrogen (secondary N) is 1. The summed E-state index contributed by atoms with van der Waals surface area (Å²) in [5, 5.41) is 2.88. The quantitative estimate of drug-likeness (QED) is 0.450. The number of ether oxygens (including phenoxy) is 1. The predicted molar refractivity (Wildman–Crippen MR) is 148 cm³/mol. The Bertz CT molecular complexity index is 1280. The molecule has 196 valence electrons. The fourth-order valence-corrected chi connectivity index (χ4v) is 5.63. The maximum atomic E-state index is 13.6. The Kier molecular flexibility index (Phi) is 8.51. The number of hydrogen-bond acceptors (Lipinski definition) is 5. The molecule has 1 aliphatic heterocycles. The Balaban J connectivity index is 1.48. The predicted octanol–water partition coefficient (Wildman–Crippen LogP) is 4.47. The van der Waals surface area contributed by atoms with E-state index in [0.29, 0.717) is 18.2 Å². The summed E-state index contributed by atoms with van der Waals surface area (Å²) < 4.78 is 33.8. The number of aryl methyl sites for hydroxylation is 1. The molecule has 4 rings (SSSR count). The normalized spacial score (nSPS) is 14.0. The summed E-state index contributed by atoms with van der Waals surface area (Å²) in [6.07, 6.45) is 0. The van der Waals surface area contributed by atoms with E-state index in [0.717, 1.165) is 48.7 Å². The second-order valence-corrected chi connectivity index (χ2v) is 11.5. The Hall–Kier alpha value is -3.36. The first-order chi connectivity index (χ1) is 17.7. The first kappa shape index (κ1) is 26.7. The van der Waals surface area contributed by atoms with Crippen molar-refractivity contribution in [1.29, 1.82) is 0 Å². The molecule has 1 heterocycles. The number of morpholine rings is 1. The molecule has 0 bridgehead atoms. The molecule has 0 radical (unpaired) electrons. The Labute approximate surface area is 220 Å². The van der Waals surface area contributed by atoms with E-state index >= 15 is 0 Å². The van der Waals surface area contributed by atoms with Gasteiger partial charge in [0.25, 0.3) is 10.0 Å². The van der Waals surface area contributed by atoms with Gasteiger partial charge in [0.15, 0.2) is 0 Å². The molecule has 0 aromatic heterocycles. The van der Waals surface area contributed by atoms with Gasteiger partial charge in [0, 0.05) is 25.3 Å². The van der Waals surface area contributed by atoms with E-state index in [1.807, 2.05) is 43.3 Å². The highest BCUT2D eigenvalue weighted by atomic mass is 32.2. The average Bonchev–Trinajstić information content (AvgIpc) is 2.91. The maximum Gasteiger partial charge on any atom is 0.264 e.